The Balaban J connectivity index is 1.37. The van der Waals surface area contributed by atoms with E-state index in [0.717, 1.165) is 29.3 Å². The van der Waals surface area contributed by atoms with Crippen molar-refractivity contribution in [3.05, 3.63) is 70.3 Å². The molecule has 1 saturated carbocycles. The van der Waals surface area contributed by atoms with Crippen molar-refractivity contribution in [3.63, 3.8) is 0 Å². The summed E-state index contributed by atoms with van der Waals surface area (Å²) in [5.41, 5.74) is 6.43. The fourth-order valence-corrected chi connectivity index (χ4v) is 9.36. The normalized spacial score (nSPS) is 33.3. The van der Waals surface area contributed by atoms with Gasteiger partial charge in [0, 0.05) is 39.4 Å². The zero-order chi connectivity index (χ0) is 27.0. The summed E-state index contributed by atoms with van der Waals surface area (Å²) in [6.07, 6.45) is 19.6. The van der Waals surface area contributed by atoms with E-state index < -0.39 is 0 Å². The summed E-state index contributed by atoms with van der Waals surface area (Å²) in [7, 11) is 0. The molecule has 2 bridgehead atoms. The van der Waals surface area contributed by atoms with Gasteiger partial charge in [0.2, 0.25) is 0 Å². The van der Waals surface area contributed by atoms with Gasteiger partial charge >= 0.3 is 0 Å². The molecule has 1 nitrogen and oxygen atoms in total. The predicted octanol–water partition coefficient (Wildman–Crippen LogP) is 10.3. The number of unbranched alkanes of at least 4 members (excludes halogenated alkanes) is 1. The van der Waals surface area contributed by atoms with Crippen LogP contribution in [0.3, 0.4) is 0 Å². The van der Waals surface area contributed by atoms with Crippen molar-refractivity contribution in [1.82, 2.24) is 0 Å². The molecule has 1 spiro atoms. The molecular formula is C36H48ClNS. The van der Waals surface area contributed by atoms with E-state index in [0.29, 0.717) is 11.2 Å². The summed E-state index contributed by atoms with van der Waals surface area (Å²) in [5, 5.41) is 1.52. The number of benzene rings is 2. The van der Waals surface area contributed by atoms with Crippen LogP contribution in [0.25, 0.3) is 0 Å². The Morgan fingerprint density at radius 3 is 2.72 bits per heavy atom. The van der Waals surface area contributed by atoms with E-state index in [4.69, 9.17) is 11.6 Å². The van der Waals surface area contributed by atoms with Crippen molar-refractivity contribution < 1.29 is 0 Å². The van der Waals surface area contributed by atoms with E-state index in [1.807, 2.05) is 0 Å². The van der Waals surface area contributed by atoms with Crippen LogP contribution in [-0.2, 0) is 18.3 Å². The van der Waals surface area contributed by atoms with E-state index in [1.165, 1.54) is 93.3 Å². The molecule has 1 fully saturated rings. The number of aryl methyl sites for hydroxylation is 2. The molecule has 2 aliphatic heterocycles. The number of anilines is 1. The molecule has 6 rings (SSSR count). The number of thioether (sulfide) groups is 1. The lowest BCUT2D eigenvalue weighted by Gasteiger charge is -2.45. The Bertz CT molecular complexity index is 1190. The minimum atomic E-state index is 0.234. The molecule has 2 aromatic carbocycles. The van der Waals surface area contributed by atoms with Gasteiger partial charge in [-0.25, -0.2) is 0 Å². The molecule has 39 heavy (non-hydrogen) atoms. The SMILES string of the molecule is CCCCC1/C=C/C2CCC2CN2CC3(CCCc4cc(Cl)ccc43)CCc3ccc(cc32)SC(C)C(C)C1. The highest BCUT2D eigenvalue weighted by molar-refractivity contribution is 8.00. The fraction of sp³-hybridized carbons (Fsp3) is 0.611. The number of allylic oxidation sites excluding steroid dienone is 2. The van der Waals surface area contributed by atoms with E-state index >= 15 is 0 Å². The first-order valence-electron chi connectivity index (χ1n) is 16.0. The standard InChI is InChI=1S/C36H48ClNS/c1-4-5-7-27-9-10-28-11-12-31(28)23-38-24-36(18-6-8-30-21-32(37)14-16-34(30)36)19-17-29-13-15-33(22-35(29)38)39-26(3)25(2)20-27/h9-10,13-16,21-22,25-28,31H,4-8,11-12,17-20,23-24H2,1-3H3/b10-9+. The summed E-state index contributed by atoms with van der Waals surface area (Å²) in [6.45, 7) is 9.65. The van der Waals surface area contributed by atoms with Gasteiger partial charge in [0.1, 0.15) is 0 Å². The largest absolute Gasteiger partial charge is 0.370 e. The monoisotopic (exact) mass is 561 g/mol. The summed E-state index contributed by atoms with van der Waals surface area (Å²) in [5.74, 6) is 2.98. The van der Waals surface area contributed by atoms with Crippen molar-refractivity contribution in [2.24, 2.45) is 23.7 Å². The van der Waals surface area contributed by atoms with E-state index in [1.54, 1.807) is 11.1 Å². The maximum atomic E-state index is 6.48. The summed E-state index contributed by atoms with van der Waals surface area (Å²) >= 11 is 8.60. The van der Waals surface area contributed by atoms with Gasteiger partial charge in [0.25, 0.3) is 0 Å². The van der Waals surface area contributed by atoms with E-state index in [9.17, 15) is 0 Å². The fourth-order valence-electron chi connectivity index (χ4n) is 8.07. The van der Waals surface area contributed by atoms with E-state index in [2.05, 4.69) is 86.0 Å². The van der Waals surface area contributed by atoms with Crippen LogP contribution in [0.2, 0.25) is 5.02 Å². The summed E-state index contributed by atoms with van der Waals surface area (Å²) < 4.78 is 0. The van der Waals surface area contributed by atoms with Gasteiger partial charge in [-0.05, 0) is 122 Å². The van der Waals surface area contributed by atoms with Crippen LogP contribution < -0.4 is 4.90 Å². The molecular weight excluding hydrogens is 514 g/mol. The van der Waals surface area contributed by atoms with Gasteiger partial charge in [-0.1, -0.05) is 69.5 Å². The quantitative estimate of drug-likeness (QED) is 0.343. The van der Waals surface area contributed by atoms with Gasteiger partial charge in [0.15, 0.2) is 0 Å². The number of hydrogen-bond donors (Lipinski definition) is 0. The molecule has 2 aliphatic carbocycles. The second kappa shape index (κ2) is 11.8. The van der Waals surface area contributed by atoms with Crippen LogP contribution >= 0.6 is 23.4 Å². The molecule has 210 valence electrons. The van der Waals surface area contributed by atoms with Gasteiger partial charge < -0.3 is 4.90 Å². The summed E-state index contributed by atoms with van der Waals surface area (Å²) in [4.78, 5) is 4.32. The highest BCUT2D eigenvalue weighted by Crippen LogP contribution is 2.48. The van der Waals surface area contributed by atoms with Crippen molar-refractivity contribution in [1.29, 1.82) is 0 Å². The highest BCUT2D eigenvalue weighted by Gasteiger charge is 2.42. The average molecular weight is 562 g/mol. The Morgan fingerprint density at radius 2 is 1.90 bits per heavy atom. The molecule has 3 heteroatoms. The highest BCUT2D eigenvalue weighted by atomic mass is 35.5. The summed E-state index contributed by atoms with van der Waals surface area (Å²) in [6, 6.07) is 14.3. The lowest BCUT2D eigenvalue weighted by molar-refractivity contribution is 0.223. The average Bonchev–Trinajstić information content (AvgIpc) is 3.06. The van der Waals surface area contributed by atoms with Crippen molar-refractivity contribution in [2.45, 2.75) is 107 Å². The zero-order valence-corrected chi connectivity index (χ0v) is 26.0. The second-order valence-corrected chi connectivity index (χ2v) is 15.3. The first-order chi connectivity index (χ1) is 18.9. The second-order valence-electron chi connectivity index (χ2n) is 13.4. The molecule has 0 radical (unpaired) electrons. The molecule has 4 aliphatic rings. The van der Waals surface area contributed by atoms with Crippen LogP contribution in [0.15, 0.2) is 53.4 Å². The van der Waals surface area contributed by atoms with Gasteiger partial charge in [-0.2, -0.15) is 0 Å². The topological polar surface area (TPSA) is 3.24 Å². The Morgan fingerprint density at radius 1 is 1.00 bits per heavy atom. The number of nitrogens with zero attached hydrogens (tertiary/aromatic N) is 1. The number of hydrogen-bond acceptors (Lipinski definition) is 2. The minimum Gasteiger partial charge on any atom is -0.370 e. The van der Waals surface area contributed by atoms with Gasteiger partial charge in [-0.15, -0.1) is 11.8 Å². The minimum absolute atomic E-state index is 0.234. The molecule has 0 N–H and O–H groups in total. The van der Waals surface area contributed by atoms with Crippen LogP contribution in [-0.4, -0.2) is 18.3 Å². The first-order valence-corrected chi connectivity index (χ1v) is 17.2. The third kappa shape index (κ3) is 5.85. The Labute approximate surface area is 247 Å². The van der Waals surface area contributed by atoms with Crippen molar-refractivity contribution >= 4 is 29.1 Å². The lowest BCUT2D eigenvalue weighted by Crippen LogP contribution is -2.46. The van der Waals surface area contributed by atoms with E-state index in [-0.39, 0.29) is 5.41 Å². The molecule has 6 atom stereocenters. The van der Waals surface area contributed by atoms with Crippen LogP contribution in [0.1, 0.15) is 95.2 Å². The third-order valence-electron chi connectivity index (χ3n) is 10.8. The molecule has 0 aromatic heterocycles. The Hall–Kier alpha value is -1.38. The molecule has 2 aromatic rings. The number of rotatable bonds is 3. The van der Waals surface area contributed by atoms with Crippen LogP contribution in [0, 0.1) is 23.7 Å². The Kier molecular flexibility index (Phi) is 8.44. The first kappa shape index (κ1) is 27.8. The molecule has 2 heterocycles. The van der Waals surface area contributed by atoms with Gasteiger partial charge in [-0.3, -0.25) is 0 Å². The van der Waals surface area contributed by atoms with Crippen molar-refractivity contribution in [2.75, 3.05) is 18.0 Å². The predicted molar refractivity (Wildman–Crippen MR) is 171 cm³/mol. The molecule has 0 amide bonds. The van der Waals surface area contributed by atoms with Crippen LogP contribution in [0.4, 0.5) is 5.69 Å². The van der Waals surface area contributed by atoms with Crippen molar-refractivity contribution in [3.8, 4) is 0 Å². The number of fused-ring (bicyclic) bond motifs is 4. The number of halogens is 1. The molecule has 0 saturated heterocycles. The lowest BCUT2D eigenvalue weighted by atomic mass is 9.67. The smallest absolute Gasteiger partial charge is 0.0410 e. The third-order valence-corrected chi connectivity index (χ3v) is 12.4. The maximum Gasteiger partial charge on any atom is 0.0410 e. The van der Waals surface area contributed by atoms with Crippen LogP contribution in [0.5, 0.6) is 0 Å². The molecule has 6 unspecified atom stereocenters. The van der Waals surface area contributed by atoms with Gasteiger partial charge in [0.05, 0.1) is 0 Å². The zero-order valence-electron chi connectivity index (χ0n) is 24.4. The maximum absolute atomic E-state index is 6.48.